The Balaban J connectivity index is 2.25. The van der Waals surface area contributed by atoms with Gasteiger partial charge in [-0.25, -0.2) is 0 Å². The van der Waals surface area contributed by atoms with Gasteiger partial charge in [0, 0.05) is 25.0 Å². The average molecular weight is 313 g/mol. The summed E-state index contributed by atoms with van der Waals surface area (Å²) in [6.45, 7) is 5.00. The summed E-state index contributed by atoms with van der Waals surface area (Å²) in [7, 11) is 1.60. The molecule has 0 saturated heterocycles. The number of ether oxygens (including phenoxy) is 1. The average Bonchev–Trinajstić information content (AvgIpc) is 2.48. The molecule has 122 valence electrons. The van der Waals surface area contributed by atoms with Crippen molar-refractivity contribution in [3.8, 4) is 0 Å². The van der Waals surface area contributed by atoms with Crippen LogP contribution in [-0.2, 0) is 4.74 Å². The van der Waals surface area contributed by atoms with Gasteiger partial charge in [0.1, 0.15) is 0 Å². The molecular weight excluding hydrogens is 290 g/mol. The third-order valence-corrected chi connectivity index (χ3v) is 3.38. The van der Waals surface area contributed by atoms with Gasteiger partial charge in [0.05, 0.1) is 17.9 Å². The first-order valence-electron chi connectivity index (χ1n) is 7.51. The number of methoxy groups -OCH3 is 1. The molecule has 5 heteroatoms. The van der Waals surface area contributed by atoms with Gasteiger partial charge in [-0.05, 0) is 55.3 Å². The van der Waals surface area contributed by atoms with Crippen molar-refractivity contribution in [3.05, 3.63) is 53.1 Å². The first-order chi connectivity index (χ1) is 11.0. The van der Waals surface area contributed by atoms with Crippen LogP contribution in [0.5, 0.6) is 0 Å². The molecule has 0 unspecified atom stereocenters. The molecule has 0 aromatic heterocycles. The minimum Gasteiger partial charge on any atom is -0.399 e. The topological polar surface area (TPSA) is 76.4 Å². The molecule has 0 spiro atoms. The monoisotopic (exact) mass is 313 g/mol. The molecule has 23 heavy (non-hydrogen) atoms. The van der Waals surface area contributed by atoms with E-state index in [9.17, 15) is 4.79 Å². The summed E-state index contributed by atoms with van der Waals surface area (Å²) in [5.41, 5.74) is 10.9. The van der Waals surface area contributed by atoms with Gasteiger partial charge < -0.3 is 21.1 Å². The largest absolute Gasteiger partial charge is 0.399 e. The Labute approximate surface area is 136 Å². The van der Waals surface area contributed by atoms with E-state index in [1.807, 2.05) is 32.0 Å². The fourth-order valence-electron chi connectivity index (χ4n) is 2.42. The van der Waals surface area contributed by atoms with Crippen molar-refractivity contribution >= 4 is 23.0 Å². The molecule has 0 aliphatic heterocycles. The van der Waals surface area contributed by atoms with Gasteiger partial charge in [0.15, 0.2) is 0 Å². The van der Waals surface area contributed by atoms with E-state index < -0.39 is 0 Å². The standard InChI is InChI=1S/C18H23N3O2/c1-12-8-13(2)10-15(9-12)21-17-5-4-14(19)11-16(17)18(22)20-6-7-23-3/h4-5,8-11,21H,6-7,19H2,1-3H3,(H,20,22). The van der Waals surface area contributed by atoms with Gasteiger partial charge in [-0.15, -0.1) is 0 Å². The Kier molecular flexibility index (Phi) is 5.60. The van der Waals surface area contributed by atoms with Crippen molar-refractivity contribution in [3.63, 3.8) is 0 Å². The third-order valence-electron chi connectivity index (χ3n) is 3.38. The fraction of sp³-hybridized carbons (Fsp3) is 0.278. The van der Waals surface area contributed by atoms with Crippen molar-refractivity contribution < 1.29 is 9.53 Å². The van der Waals surface area contributed by atoms with Crippen LogP contribution >= 0.6 is 0 Å². The number of benzene rings is 2. The first kappa shape index (κ1) is 16.8. The highest BCUT2D eigenvalue weighted by Gasteiger charge is 2.12. The van der Waals surface area contributed by atoms with E-state index in [1.54, 1.807) is 19.2 Å². The highest BCUT2D eigenvalue weighted by atomic mass is 16.5. The van der Waals surface area contributed by atoms with Gasteiger partial charge in [-0.1, -0.05) is 6.07 Å². The molecule has 0 radical (unpaired) electrons. The van der Waals surface area contributed by atoms with Crippen LogP contribution in [0.4, 0.5) is 17.1 Å². The molecule has 0 bridgehead atoms. The third kappa shape index (κ3) is 4.72. The summed E-state index contributed by atoms with van der Waals surface area (Å²) in [6, 6.07) is 11.4. The molecule has 1 amide bonds. The van der Waals surface area contributed by atoms with Crippen molar-refractivity contribution in [1.29, 1.82) is 0 Å². The zero-order chi connectivity index (χ0) is 16.8. The van der Waals surface area contributed by atoms with Crippen LogP contribution < -0.4 is 16.4 Å². The molecule has 0 fully saturated rings. The molecular formula is C18H23N3O2. The van der Waals surface area contributed by atoms with Crippen LogP contribution in [0.1, 0.15) is 21.5 Å². The SMILES string of the molecule is COCCNC(=O)c1cc(N)ccc1Nc1cc(C)cc(C)c1. The Morgan fingerprint density at radius 1 is 1.13 bits per heavy atom. The van der Waals surface area contributed by atoms with E-state index in [0.717, 1.165) is 22.5 Å². The predicted molar refractivity (Wildman–Crippen MR) is 94.3 cm³/mol. The van der Waals surface area contributed by atoms with Gasteiger partial charge in [-0.3, -0.25) is 4.79 Å². The van der Waals surface area contributed by atoms with E-state index in [-0.39, 0.29) is 5.91 Å². The molecule has 0 aliphatic rings. The second-order valence-electron chi connectivity index (χ2n) is 5.56. The molecule has 0 atom stereocenters. The minimum atomic E-state index is -0.179. The molecule has 2 aromatic rings. The van der Waals surface area contributed by atoms with E-state index in [2.05, 4.69) is 16.7 Å². The number of nitrogens with two attached hydrogens (primary N) is 1. The summed E-state index contributed by atoms with van der Waals surface area (Å²) in [4.78, 5) is 12.4. The number of rotatable bonds is 6. The van der Waals surface area contributed by atoms with Gasteiger partial charge in [0.2, 0.25) is 0 Å². The molecule has 0 saturated carbocycles. The van der Waals surface area contributed by atoms with Gasteiger partial charge in [-0.2, -0.15) is 0 Å². The zero-order valence-corrected chi connectivity index (χ0v) is 13.8. The summed E-state index contributed by atoms with van der Waals surface area (Å²) in [5, 5.41) is 6.12. The lowest BCUT2D eigenvalue weighted by atomic mass is 10.1. The smallest absolute Gasteiger partial charge is 0.253 e. The van der Waals surface area contributed by atoms with E-state index in [4.69, 9.17) is 10.5 Å². The number of nitrogen functional groups attached to an aromatic ring is 1. The normalized spacial score (nSPS) is 10.4. The number of hydrogen-bond donors (Lipinski definition) is 3. The van der Waals surface area contributed by atoms with Crippen LogP contribution in [0.3, 0.4) is 0 Å². The number of hydrogen-bond acceptors (Lipinski definition) is 4. The van der Waals surface area contributed by atoms with Crippen LogP contribution in [0.25, 0.3) is 0 Å². The van der Waals surface area contributed by atoms with Crippen LogP contribution in [0.2, 0.25) is 0 Å². The van der Waals surface area contributed by atoms with Crippen molar-refractivity contribution in [2.45, 2.75) is 13.8 Å². The van der Waals surface area contributed by atoms with Crippen LogP contribution in [-0.4, -0.2) is 26.2 Å². The highest BCUT2D eigenvalue weighted by Crippen LogP contribution is 2.24. The number of nitrogens with one attached hydrogen (secondary N) is 2. The van der Waals surface area contributed by atoms with Gasteiger partial charge >= 0.3 is 0 Å². The maximum absolute atomic E-state index is 12.4. The maximum Gasteiger partial charge on any atom is 0.253 e. The van der Waals surface area contributed by atoms with E-state index in [1.165, 1.54) is 0 Å². The maximum atomic E-state index is 12.4. The molecule has 4 N–H and O–H groups in total. The predicted octanol–water partition coefficient (Wildman–Crippen LogP) is 3.01. The quantitative estimate of drug-likeness (QED) is 0.566. The van der Waals surface area contributed by atoms with E-state index in [0.29, 0.717) is 24.4 Å². The molecule has 2 rings (SSSR count). The summed E-state index contributed by atoms with van der Waals surface area (Å²) in [6.07, 6.45) is 0. The Hall–Kier alpha value is -2.53. The first-order valence-corrected chi connectivity index (χ1v) is 7.51. The highest BCUT2D eigenvalue weighted by molar-refractivity contribution is 6.01. The number of amides is 1. The number of aryl methyl sites for hydroxylation is 2. The zero-order valence-electron chi connectivity index (χ0n) is 13.8. The molecule has 2 aromatic carbocycles. The van der Waals surface area contributed by atoms with Crippen molar-refractivity contribution in [2.75, 3.05) is 31.3 Å². The summed E-state index contributed by atoms with van der Waals surface area (Å²) >= 11 is 0. The number of carbonyl (C=O) groups is 1. The molecule has 0 heterocycles. The summed E-state index contributed by atoms with van der Waals surface area (Å²) in [5.74, 6) is -0.179. The molecule has 5 nitrogen and oxygen atoms in total. The lowest BCUT2D eigenvalue weighted by molar-refractivity contribution is 0.0938. The Morgan fingerprint density at radius 3 is 2.48 bits per heavy atom. The lowest BCUT2D eigenvalue weighted by Gasteiger charge is -2.14. The summed E-state index contributed by atoms with van der Waals surface area (Å²) < 4.78 is 4.95. The second-order valence-corrected chi connectivity index (χ2v) is 5.56. The number of anilines is 3. The Morgan fingerprint density at radius 2 is 1.83 bits per heavy atom. The van der Waals surface area contributed by atoms with Crippen molar-refractivity contribution in [1.82, 2.24) is 5.32 Å². The molecule has 0 aliphatic carbocycles. The second kappa shape index (κ2) is 7.65. The number of carbonyl (C=O) groups excluding carboxylic acids is 1. The van der Waals surface area contributed by atoms with Gasteiger partial charge in [0.25, 0.3) is 5.91 Å². The van der Waals surface area contributed by atoms with Crippen molar-refractivity contribution in [2.24, 2.45) is 0 Å². The fourth-order valence-corrected chi connectivity index (χ4v) is 2.42. The Bertz CT molecular complexity index is 678. The van der Waals surface area contributed by atoms with E-state index >= 15 is 0 Å². The lowest BCUT2D eigenvalue weighted by Crippen LogP contribution is -2.27. The minimum absolute atomic E-state index is 0.179. The van der Waals surface area contributed by atoms with Crippen LogP contribution in [0.15, 0.2) is 36.4 Å². The van der Waals surface area contributed by atoms with Crippen LogP contribution in [0, 0.1) is 13.8 Å².